The molecule has 0 aromatic heterocycles. The number of phenolic OH excluding ortho intramolecular Hbond substituents is 1. The van der Waals surface area contributed by atoms with Gasteiger partial charge in [-0.1, -0.05) is 24.8 Å². The molecular weight excluding hydrogens is 360 g/mol. The SMILES string of the molecule is C=C(c1ccc(C#N)c(C)c1)c1cc(CCOc2ccc(C#N)cc2)ccc1O. The van der Waals surface area contributed by atoms with E-state index in [1.807, 2.05) is 31.2 Å². The number of hydrogen-bond donors (Lipinski definition) is 1. The average Bonchev–Trinajstić information content (AvgIpc) is 2.75. The van der Waals surface area contributed by atoms with Crippen molar-refractivity contribution in [3.8, 4) is 23.6 Å². The molecule has 3 aromatic carbocycles. The molecule has 4 heteroatoms. The Bertz CT molecular complexity index is 1130. The van der Waals surface area contributed by atoms with E-state index >= 15 is 0 Å². The highest BCUT2D eigenvalue weighted by Gasteiger charge is 2.10. The van der Waals surface area contributed by atoms with Crippen LogP contribution in [0, 0.1) is 29.6 Å². The Morgan fingerprint density at radius 1 is 1.00 bits per heavy atom. The van der Waals surface area contributed by atoms with Gasteiger partial charge in [-0.2, -0.15) is 10.5 Å². The first-order valence-corrected chi connectivity index (χ1v) is 9.17. The molecule has 4 nitrogen and oxygen atoms in total. The van der Waals surface area contributed by atoms with E-state index in [2.05, 4.69) is 18.7 Å². The van der Waals surface area contributed by atoms with Crippen molar-refractivity contribution in [1.82, 2.24) is 0 Å². The number of nitriles is 2. The number of phenols is 1. The van der Waals surface area contributed by atoms with E-state index in [9.17, 15) is 5.11 Å². The van der Waals surface area contributed by atoms with Crippen LogP contribution >= 0.6 is 0 Å². The maximum Gasteiger partial charge on any atom is 0.123 e. The van der Waals surface area contributed by atoms with Gasteiger partial charge in [-0.05, 0) is 71.7 Å². The fourth-order valence-electron chi connectivity index (χ4n) is 3.03. The summed E-state index contributed by atoms with van der Waals surface area (Å²) in [5.74, 6) is 0.870. The zero-order chi connectivity index (χ0) is 20.8. The maximum atomic E-state index is 10.3. The molecule has 3 aromatic rings. The average molecular weight is 380 g/mol. The molecule has 0 unspecified atom stereocenters. The molecule has 0 aliphatic rings. The Labute approximate surface area is 170 Å². The Kier molecular flexibility index (Phi) is 5.97. The molecule has 0 fully saturated rings. The summed E-state index contributed by atoms with van der Waals surface area (Å²) < 4.78 is 5.74. The second kappa shape index (κ2) is 8.78. The fraction of sp³-hybridized carbons (Fsp3) is 0.120. The predicted octanol–water partition coefficient (Wildman–Crippen LogP) is 5.13. The van der Waals surface area contributed by atoms with Gasteiger partial charge in [0.25, 0.3) is 0 Å². The first kappa shape index (κ1) is 19.7. The van der Waals surface area contributed by atoms with Crippen molar-refractivity contribution in [1.29, 1.82) is 10.5 Å². The molecule has 0 saturated heterocycles. The number of nitrogens with zero attached hydrogens (tertiary/aromatic N) is 2. The van der Waals surface area contributed by atoms with Crippen molar-refractivity contribution in [2.45, 2.75) is 13.3 Å². The third-order valence-corrected chi connectivity index (χ3v) is 4.72. The molecule has 0 saturated carbocycles. The van der Waals surface area contributed by atoms with Crippen molar-refractivity contribution in [2.75, 3.05) is 6.61 Å². The van der Waals surface area contributed by atoms with Gasteiger partial charge in [-0.15, -0.1) is 0 Å². The summed E-state index contributed by atoms with van der Waals surface area (Å²) in [6, 6.07) is 22.2. The van der Waals surface area contributed by atoms with Crippen LogP contribution in [0.25, 0.3) is 5.57 Å². The van der Waals surface area contributed by atoms with E-state index in [-0.39, 0.29) is 5.75 Å². The third kappa shape index (κ3) is 4.64. The lowest BCUT2D eigenvalue weighted by Gasteiger charge is -2.12. The Hall–Kier alpha value is -4.02. The predicted molar refractivity (Wildman–Crippen MR) is 112 cm³/mol. The Morgan fingerprint density at radius 3 is 2.41 bits per heavy atom. The molecule has 0 spiro atoms. The maximum absolute atomic E-state index is 10.3. The summed E-state index contributed by atoms with van der Waals surface area (Å²) in [6.45, 7) is 6.49. The van der Waals surface area contributed by atoms with Crippen LogP contribution in [0.1, 0.15) is 33.4 Å². The van der Waals surface area contributed by atoms with E-state index < -0.39 is 0 Å². The first-order chi connectivity index (χ1) is 14.0. The molecule has 0 aliphatic heterocycles. The minimum Gasteiger partial charge on any atom is -0.507 e. The van der Waals surface area contributed by atoms with Gasteiger partial charge in [0.2, 0.25) is 0 Å². The van der Waals surface area contributed by atoms with Crippen LogP contribution in [0.2, 0.25) is 0 Å². The highest BCUT2D eigenvalue weighted by Crippen LogP contribution is 2.31. The van der Waals surface area contributed by atoms with E-state index in [0.29, 0.717) is 41.0 Å². The quantitative estimate of drug-likeness (QED) is 0.643. The van der Waals surface area contributed by atoms with Crippen LogP contribution in [0.4, 0.5) is 0 Å². The zero-order valence-electron chi connectivity index (χ0n) is 16.1. The molecule has 0 radical (unpaired) electrons. The molecule has 3 rings (SSSR count). The van der Waals surface area contributed by atoms with E-state index in [1.54, 1.807) is 36.4 Å². The van der Waals surface area contributed by atoms with E-state index in [1.165, 1.54) is 0 Å². The number of aryl methyl sites for hydroxylation is 1. The van der Waals surface area contributed by atoms with E-state index in [4.69, 9.17) is 15.3 Å². The molecular formula is C25H20N2O2. The number of rotatable bonds is 6. The van der Waals surface area contributed by atoms with Crippen LogP contribution in [0.3, 0.4) is 0 Å². The summed E-state index contributed by atoms with van der Waals surface area (Å²) in [7, 11) is 0. The lowest BCUT2D eigenvalue weighted by molar-refractivity contribution is 0.322. The van der Waals surface area contributed by atoms with Crippen molar-refractivity contribution >= 4 is 5.57 Å². The first-order valence-electron chi connectivity index (χ1n) is 9.17. The summed E-state index contributed by atoms with van der Waals surface area (Å²) >= 11 is 0. The largest absolute Gasteiger partial charge is 0.507 e. The van der Waals surface area contributed by atoms with Gasteiger partial charge in [0.1, 0.15) is 11.5 Å². The van der Waals surface area contributed by atoms with Crippen molar-refractivity contribution < 1.29 is 9.84 Å². The topological polar surface area (TPSA) is 77.0 Å². The second-order valence-corrected chi connectivity index (χ2v) is 6.71. The number of aromatic hydroxyl groups is 1. The summed E-state index contributed by atoms with van der Waals surface area (Å²) in [5.41, 5.74) is 5.32. The zero-order valence-corrected chi connectivity index (χ0v) is 16.1. The van der Waals surface area contributed by atoms with Crippen LogP contribution in [0.15, 0.2) is 67.2 Å². The normalized spacial score (nSPS) is 10.0. The van der Waals surface area contributed by atoms with Crippen molar-refractivity contribution in [3.05, 3.63) is 101 Å². The van der Waals surface area contributed by atoms with Crippen LogP contribution < -0.4 is 4.74 Å². The third-order valence-electron chi connectivity index (χ3n) is 4.72. The van der Waals surface area contributed by atoms with Gasteiger partial charge < -0.3 is 9.84 Å². The van der Waals surface area contributed by atoms with Gasteiger partial charge >= 0.3 is 0 Å². The molecule has 0 atom stereocenters. The molecule has 1 N–H and O–H groups in total. The number of benzene rings is 3. The van der Waals surface area contributed by atoms with Gasteiger partial charge in [-0.25, -0.2) is 0 Å². The van der Waals surface area contributed by atoms with Gasteiger partial charge in [0.15, 0.2) is 0 Å². The fourth-order valence-corrected chi connectivity index (χ4v) is 3.03. The van der Waals surface area contributed by atoms with Crippen LogP contribution in [0.5, 0.6) is 11.5 Å². The minimum atomic E-state index is 0.161. The molecule has 0 aliphatic carbocycles. The highest BCUT2D eigenvalue weighted by atomic mass is 16.5. The van der Waals surface area contributed by atoms with Gasteiger partial charge in [-0.3, -0.25) is 0 Å². The molecule has 0 amide bonds. The Morgan fingerprint density at radius 2 is 1.76 bits per heavy atom. The minimum absolute atomic E-state index is 0.161. The van der Waals surface area contributed by atoms with Crippen molar-refractivity contribution in [3.63, 3.8) is 0 Å². The summed E-state index contributed by atoms with van der Waals surface area (Å²) in [6.07, 6.45) is 0.660. The number of ether oxygens (including phenoxy) is 1. The van der Waals surface area contributed by atoms with Gasteiger partial charge in [0.05, 0.1) is 29.9 Å². The molecule has 29 heavy (non-hydrogen) atoms. The van der Waals surface area contributed by atoms with Crippen molar-refractivity contribution in [2.24, 2.45) is 0 Å². The lowest BCUT2D eigenvalue weighted by Crippen LogP contribution is -2.02. The van der Waals surface area contributed by atoms with Crippen LogP contribution in [-0.2, 0) is 6.42 Å². The molecule has 0 heterocycles. The number of hydrogen-bond acceptors (Lipinski definition) is 4. The van der Waals surface area contributed by atoms with Gasteiger partial charge in [0, 0.05) is 12.0 Å². The van der Waals surface area contributed by atoms with Crippen LogP contribution in [-0.4, -0.2) is 11.7 Å². The Balaban J connectivity index is 1.72. The monoisotopic (exact) mass is 380 g/mol. The smallest absolute Gasteiger partial charge is 0.123 e. The second-order valence-electron chi connectivity index (χ2n) is 6.71. The highest BCUT2D eigenvalue weighted by molar-refractivity contribution is 5.81. The standard InChI is InChI=1S/C25H20N2O2/c1-17-13-21(6-7-22(17)16-27)18(2)24-14-19(5-10-25(24)28)11-12-29-23-8-3-20(15-26)4-9-23/h3-10,13-14,28H,2,11-12H2,1H3. The molecule has 142 valence electrons. The van der Waals surface area contributed by atoms with E-state index in [0.717, 1.165) is 16.7 Å². The molecule has 0 bridgehead atoms. The summed E-state index contributed by atoms with van der Waals surface area (Å²) in [5, 5.41) is 28.3. The lowest BCUT2D eigenvalue weighted by atomic mass is 9.94. The summed E-state index contributed by atoms with van der Waals surface area (Å²) in [4.78, 5) is 0.